The first-order chi connectivity index (χ1) is 11.8. The number of hydrogen-bond donors (Lipinski definition) is 1. The maximum Gasteiger partial charge on any atom is 0.119 e. The van der Waals surface area contributed by atoms with Gasteiger partial charge in [0.25, 0.3) is 0 Å². The van der Waals surface area contributed by atoms with E-state index < -0.39 is 0 Å². The van der Waals surface area contributed by atoms with Crippen molar-refractivity contribution in [2.75, 3.05) is 32.8 Å². The Morgan fingerprint density at radius 2 is 1.67 bits per heavy atom. The summed E-state index contributed by atoms with van der Waals surface area (Å²) in [6, 6.07) is 17.0. The van der Waals surface area contributed by atoms with Crippen molar-refractivity contribution in [3.63, 3.8) is 0 Å². The maximum absolute atomic E-state index is 6.09. The molecule has 128 valence electrons. The van der Waals surface area contributed by atoms with Gasteiger partial charge in [-0.15, -0.1) is 0 Å². The standard InChI is InChI=1S/C20H25ClN2O/c1-2-24-19-10-6-17(7-11-19)20(16-4-8-18(21)9-5-16)23-14-3-12-22-13-15-23/h4-11,20,22H,2-3,12-15H2,1H3. The quantitative estimate of drug-likeness (QED) is 0.882. The van der Waals surface area contributed by atoms with Crippen LogP contribution in [0, 0.1) is 0 Å². The minimum atomic E-state index is 0.248. The number of hydrogen-bond acceptors (Lipinski definition) is 3. The molecule has 1 atom stereocenters. The van der Waals surface area contributed by atoms with Crippen LogP contribution in [0.2, 0.25) is 5.02 Å². The number of nitrogens with zero attached hydrogens (tertiary/aromatic N) is 1. The monoisotopic (exact) mass is 344 g/mol. The molecule has 1 aliphatic rings. The zero-order chi connectivity index (χ0) is 16.8. The summed E-state index contributed by atoms with van der Waals surface area (Å²) in [5, 5.41) is 4.27. The Bertz CT molecular complexity index is 619. The summed E-state index contributed by atoms with van der Waals surface area (Å²) in [6.45, 7) is 6.95. The average molecular weight is 345 g/mol. The van der Waals surface area contributed by atoms with E-state index >= 15 is 0 Å². The third-order valence-electron chi connectivity index (χ3n) is 4.43. The van der Waals surface area contributed by atoms with Gasteiger partial charge in [0.1, 0.15) is 5.75 Å². The minimum Gasteiger partial charge on any atom is -0.494 e. The van der Waals surface area contributed by atoms with Gasteiger partial charge < -0.3 is 10.1 Å². The molecular formula is C20H25ClN2O. The predicted molar refractivity (Wildman–Crippen MR) is 100.0 cm³/mol. The van der Waals surface area contributed by atoms with E-state index in [1.165, 1.54) is 17.5 Å². The van der Waals surface area contributed by atoms with Crippen molar-refractivity contribution in [2.24, 2.45) is 0 Å². The second-order valence-electron chi connectivity index (χ2n) is 6.10. The Morgan fingerprint density at radius 1 is 1.00 bits per heavy atom. The topological polar surface area (TPSA) is 24.5 Å². The SMILES string of the molecule is CCOc1ccc(C(c2ccc(Cl)cc2)N2CCCNCC2)cc1. The molecule has 0 aliphatic carbocycles. The second-order valence-corrected chi connectivity index (χ2v) is 6.53. The van der Waals surface area contributed by atoms with E-state index in [9.17, 15) is 0 Å². The molecule has 1 saturated heterocycles. The first-order valence-corrected chi connectivity index (χ1v) is 9.08. The van der Waals surface area contributed by atoms with Crippen LogP contribution in [-0.4, -0.2) is 37.7 Å². The molecule has 0 amide bonds. The van der Waals surface area contributed by atoms with Gasteiger partial charge in [-0.2, -0.15) is 0 Å². The minimum absolute atomic E-state index is 0.248. The molecule has 0 spiro atoms. The van der Waals surface area contributed by atoms with Crippen LogP contribution in [0.25, 0.3) is 0 Å². The zero-order valence-electron chi connectivity index (χ0n) is 14.2. The van der Waals surface area contributed by atoms with Crippen LogP contribution in [0.1, 0.15) is 30.5 Å². The highest BCUT2D eigenvalue weighted by Gasteiger charge is 2.23. The fraction of sp³-hybridized carbons (Fsp3) is 0.400. The van der Waals surface area contributed by atoms with E-state index in [1.807, 2.05) is 19.1 Å². The summed E-state index contributed by atoms with van der Waals surface area (Å²) in [5.41, 5.74) is 2.58. The number of benzene rings is 2. The van der Waals surface area contributed by atoms with Crippen LogP contribution in [-0.2, 0) is 0 Å². The molecule has 1 aliphatic heterocycles. The van der Waals surface area contributed by atoms with Crippen molar-refractivity contribution in [1.82, 2.24) is 10.2 Å². The van der Waals surface area contributed by atoms with Crippen LogP contribution in [0.15, 0.2) is 48.5 Å². The van der Waals surface area contributed by atoms with Gasteiger partial charge in [0.2, 0.25) is 0 Å². The molecule has 24 heavy (non-hydrogen) atoms. The Morgan fingerprint density at radius 3 is 2.33 bits per heavy atom. The molecule has 1 fully saturated rings. The molecule has 0 radical (unpaired) electrons. The van der Waals surface area contributed by atoms with Crippen LogP contribution in [0.3, 0.4) is 0 Å². The van der Waals surface area contributed by atoms with Gasteiger partial charge in [0.05, 0.1) is 12.6 Å². The lowest BCUT2D eigenvalue weighted by atomic mass is 9.96. The molecule has 3 rings (SSSR count). The molecule has 0 saturated carbocycles. The highest BCUT2D eigenvalue weighted by molar-refractivity contribution is 6.30. The molecular weight excluding hydrogens is 320 g/mol. The van der Waals surface area contributed by atoms with Gasteiger partial charge in [0.15, 0.2) is 0 Å². The third kappa shape index (κ3) is 4.29. The summed E-state index contributed by atoms with van der Waals surface area (Å²) in [6.07, 6.45) is 1.17. The van der Waals surface area contributed by atoms with Crippen molar-refractivity contribution in [3.8, 4) is 5.75 Å². The second kappa shape index (κ2) is 8.52. The normalized spacial score (nSPS) is 17.2. The first-order valence-electron chi connectivity index (χ1n) is 8.71. The summed E-state index contributed by atoms with van der Waals surface area (Å²) >= 11 is 6.09. The largest absolute Gasteiger partial charge is 0.494 e. The van der Waals surface area contributed by atoms with Crippen molar-refractivity contribution in [3.05, 3.63) is 64.7 Å². The molecule has 0 aromatic heterocycles. The lowest BCUT2D eigenvalue weighted by Crippen LogP contribution is -2.33. The average Bonchev–Trinajstić information content (AvgIpc) is 2.88. The van der Waals surface area contributed by atoms with Crippen LogP contribution in [0.5, 0.6) is 5.75 Å². The van der Waals surface area contributed by atoms with E-state index in [-0.39, 0.29) is 6.04 Å². The van der Waals surface area contributed by atoms with Gasteiger partial charge in [-0.3, -0.25) is 4.90 Å². The van der Waals surface area contributed by atoms with Gasteiger partial charge in [-0.05, 0) is 55.3 Å². The summed E-state index contributed by atoms with van der Waals surface area (Å²) in [5.74, 6) is 0.925. The molecule has 1 heterocycles. The molecule has 2 aromatic rings. The maximum atomic E-state index is 6.09. The van der Waals surface area contributed by atoms with Gasteiger partial charge in [0, 0.05) is 24.7 Å². The van der Waals surface area contributed by atoms with E-state index in [0.717, 1.165) is 37.0 Å². The van der Waals surface area contributed by atoms with Gasteiger partial charge in [-0.1, -0.05) is 35.9 Å². The smallest absolute Gasteiger partial charge is 0.119 e. The van der Waals surface area contributed by atoms with E-state index in [2.05, 4.69) is 46.6 Å². The lowest BCUT2D eigenvalue weighted by Gasteiger charge is -2.31. The third-order valence-corrected chi connectivity index (χ3v) is 4.68. The Labute approximate surface area is 149 Å². The number of rotatable bonds is 5. The molecule has 2 aromatic carbocycles. The molecule has 1 N–H and O–H groups in total. The summed E-state index contributed by atoms with van der Waals surface area (Å²) in [7, 11) is 0. The van der Waals surface area contributed by atoms with E-state index in [1.54, 1.807) is 0 Å². The van der Waals surface area contributed by atoms with Crippen LogP contribution in [0.4, 0.5) is 0 Å². The van der Waals surface area contributed by atoms with Crippen molar-refractivity contribution in [1.29, 1.82) is 0 Å². The van der Waals surface area contributed by atoms with Crippen molar-refractivity contribution in [2.45, 2.75) is 19.4 Å². The summed E-state index contributed by atoms with van der Waals surface area (Å²) < 4.78 is 5.59. The van der Waals surface area contributed by atoms with Gasteiger partial charge >= 0.3 is 0 Å². The van der Waals surface area contributed by atoms with Crippen LogP contribution >= 0.6 is 11.6 Å². The lowest BCUT2D eigenvalue weighted by molar-refractivity contribution is 0.241. The number of halogens is 1. The highest BCUT2D eigenvalue weighted by Crippen LogP contribution is 2.31. The fourth-order valence-electron chi connectivity index (χ4n) is 3.30. The number of nitrogens with one attached hydrogen (secondary N) is 1. The first kappa shape index (κ1) is 17.3. The zero-order valence-corrected chi connectivity index (χ0v) is 14.9. The van der Waals surface area contributed by atoms with E-state index in [0.29, 0.717) is 6.61 Å². The van der Waals surface area contributed by atoms with Crippen molar-refractivity contribution < 1.29 is 4.74 Å². The Balaban J connectivity index is 1.92. The Hall–Kier alpha value is -1.55. The molecule has 1 unspecified atom stereocenters. The van der Waals surface area contributed by atoms with Crippen molar-refractivity contribution >= 4 is 11.6 Å². The van der Waals surface area contributed by atoms with Gasteiger partial charge in [-0.25, -0.2) is 0 Å². The highest BCUT2D eigenvalue weighted by atomic mass is 35.5. The molecule has 3 nitrogen and oxygen atoms in total. The fourth-order valence-corrected chi connectivity index (χ4v) is 3.42. The Kier molecular flexibility index (Phi) is 6.13. The van der Waals surface area contributed by atoms with Crippen LogP contribution < -0.4 is 10.1 Å². The molecule has 4 heteroatoms. The molecule has 0 bridgehead atoms. The summed E-state index contributed by atoms with van der Waals surface area (Å²) in [4.78, 5) is 2.55. The number of ether oxygens (including phenoxy) is 1. The predicted octanol–water partition coefficient (Wildman–Crippen LogP) is 4.12. The van der Waals surface area contributed by atoms with E-state index in [4.69, 9.17) is 16.3 Å².